The topological polar surface area (TPSA) is 29.1 Å². The number of hydrogen-bond acceptors (Lipinski definition) is 2. The van der Waals surface area contributed by atoms with Gasteiger partial charge < -0.3 is 5.32 Å². The van der Waals surface area contributed by atoms with Gasteiger partial charge in [0, 0.05) is 4.88 Å². The second-order valence-corrected chi connectivity index (χ2v) is 6.72. The second kappa shape index (κ2) is 4.45. The van der Waals surface area contributed by atoms with Crippen LogP contribution in [0.25, 0.3) is 0 Å². The van der Waals surface area contributed by atoms with Gasteiger partial charge in [-0.25, -0.2) is 0 Å². The lowest BCUT2D eigenvalue weighted by molar-refractivity contribution is -0.122. The quantitative estimate of drug-likeness (QED) is 0.845. The van der Waals surface area contributed by atoms with E-state index < -0.39 is 4.32 Å². The van der Waals surface area contributed by atoms with E-state index in [0.717, 1.165) is 0 Å². The van der Waals surface area contributed by atoms with Crippen molar-refractivity contribution >= 4 is 33.2 Å². The van der Waals surface area contributed by atoms with Crippen molar-refractivity contribution in [3.8, 4) is 0 Å². The maximum Gasteiger partial charge on any atom is 0.236 e. The van der Waals surface area contributed by atoms with E-state index in [0.29, 0.717) is 6.54 Å². The molecule has 1 heterocycles. The third-order valence-electron chi connectivity index (χ3n) is 1.75. The van der Waals surface area contributed by atoms with E-state index in [1.165, 1.54) is 10.4 Å². The number of halogens is 1. The van der Waals surface area contributed by atoms with Gasteiger partial charge in [-0.1, -0.05) is 15.9 Å². The lowest BCUT2D eigenvalue weighted by Gasteiger charge is -2.15. The molecule has 4 heteroatoms. The van der Waals surface area contributed by atoms with E-state index in [4.69, 9.17) is 0 Å². The summed E-state index contributed by atoms with van der Waals surface area (Å²) in [6.07, 6.45) is 0. The van der Waals surface area contributed by atoms with Gasteiger partial charge in [0.2, 0.25) is 5.91 Å². The van der Waals surface area contributed by atoms with Crippen molar-refractivity contribution in [1.29, 1.82) is 0 Å². The zero-order valence-corrected chi connectivity index (χ0v) is 11.0. The van der Waals surface area contributed by atoms with Crippen LogP contribution in [0.1, 0.15) is 24.3 Å². The predicted molar refractivity (Wildman–Crippen MR) is 63.9 cm³/mol. The Balaban J connectivity index is 2.46. The number of rotatable bonds is 3. The standard InChI is InChI=1S/C10H14BrNOS/c1-7-4-8(14-6-7)5-12-9(13)10(2,3)11/h4,6H,5H2,1-3H3,(H,12,13). The molecule has 1 amide bonds. The largest absolute Gasteiger partial charge is 0.350 e. The maximum atomic E-state index is 11.5. The Kier molecular flexibility index (Phi) is 3.72. The average molecular weight is 276 g/mol. The summed E-state index contributed by atoms with van der Waals surface area (Å²) in [5.41, 5.74) is 1.25. The Morgan fingerprint density at radius 3 is 2.71 bits per heavy atom. The molecular formula is C10H14BrNOS. The summed E-state index contributed by atoms with van der Waals surface area (Å²) in [5.74, 6) is 0.0172. The molecule has 0 unspecified atom stereocenters. The van der Waals surface area contributed by atoms with Crippen molar-refractivity contribution in [1.82, 2.24) is 5.32 Å². The van der Waals surface area contributed by atoms with Gasteiger partial charge in [0.1, 0.15) is 0 Å². The molecule has 0 spiro atoms. The Labute approximate surface area is 96.8 Å². The molecule has 0 aliphatic heterocycles. The Morgan fingerprint density at radius 2 is 2.29 bits per heavy atom. The number of carbonyl (C=O) groups is 1. The highest BCUT2D eigenvalue weighted by atomic mass is 79.9. The fraction of sp³-hybridized carbons (Fsp3) is 0.500. The average Bonchev–Trinajstić information content (AvgIpc) is 2.45. The first-order chi connectivity index (χ1) is 6.39. The number of thiophene rings is 1. The summed E-state index contributed by atoms with van der Waals surface area (Å²) in [4.78, 5) is 12.7. The van der Waals surface area contributed by atoms with E-state index in [1.54, 1.807) is 11.3 Å². The SMILES string of the molecule is Cc1csc(CNC(=O)C(C)(C)Br)c1. The summed E-state index contributed by atoms with van der Waals surface area (Å²) in [5, 5.41) is 4.96. The Morgan fingerprint density at radius 1 is 1.64 bits per heavy atom. The maximum absolute atomic E-state index is 11.5. The van der Waals surface area contributed by atoms with Gasteiger partial charge in [-0.05, 0) is 37.8 Å². The molecule has 2 nitrogen and oxygen atoms in total. The third kappa shape index (κ3) is 3.42. The van der Waals surface area contributed by atoms with Crippen LogP contribution in [0.3, 0.4) is 0 Å². The smallest absolute Gasteiger partial charge is 0.236 e. The van der Waals surface area contributed by atoms with Gasteiger partial charge in [0.15, 0.2) is 0 Å². The number of aryl methyl sites for hydroxylation is 1. The summed E-state index contributed by atoms with van der Waals surface area (Å²) < 4.78 is -0.487. The number of carbonyl (C=O) groups excluding carboxylic acids is 1. The number of amides is 1. The fourth-order valence-corrected chi connectivity index (χ4v) is 1.92. The molecule has 0 radical (unpaired) electrons. The molecule has 0 fully saturated rings. The molecule has 78 valence electrons. The highest BCUT2D eigenvalue weighted by Crippen LogP contribution is 2.17. The normalized spacial score (nSPS) is 11.4. The number of nitrogens with one attached hydrogen (secondary N) is 1. The zero-order chi connectivity index (χ0) is 10.8. The molecule has 0 aliphatic carbocycles. The Hall–Kier alpha value is -0.350. The summed E-state index contributed by atoms with van der Waals surface area (Å²) in [6, 6.07) is 2.09. The van der Waals surface area contributed by atoms with Gasteiger partial charge in [-0.15, -0.1) is 11.3 Å². The van der Waals surface area contributed by atoms with E-state index >= 15 is 0 Å². The highest BCUT2D eigenvalue weighted by molar-refractivity contribution is 9.10. The van der Waals surface area contributed by atoms with Crippen molar-refractivity contribution in [2.75, 3.05) is 0 Å². The molecule has 0 bridgehead atoms. The molecular weight excluding hydrogens is 262 g/mol. The van der Waals surface area contributed by atoms with E-state index in [1.807, 2.05) is 13.8 Å². The van der Waals surface area contributed by atoms with Crippen molar-refractivity contribution in [3.05, 3.63) is 21.9 Å². The second-order valence-electron chi connectivity index (χ2n) is 3.75. The van der Waals surface area contributed by atoms with Crippen LogP contribution in [0.2, 0.25) is 0 Å². The monoisotopic (exact) mass is 275 g/mol. The minimum atomic E-state index is -0.487. The first-order valence-electron chi connectivity index (χ1n) is 4.41. The molecule has 0 saturated carbocycles. The molecule has 0 atom stereocenters. The van der Waals surface area contributed by atoms with E-state index in [-0.39, 0.29) is 5.91 Å². The van der Waals surface area contributed by atoms with Crippen LogP contribution in [-0.2, 0) is 11.3 Å². The van der Waals surface area contributed by atoms with Crippen LogP contribution >= 0.6 is 27.3 Å². The van der Waals surface area contributed by atoms with Crippen LogP contribution in [0.15, 0.2) is 11.4 Å². The molecule has 1 aromatic rings. The minimum absolute atomic E-state index is 0.0172. The van der Waals surface area contributed by atoms with Crippen molar-refractivity contribution in [2.24, 2.45) is 0 Å². The van der Waals surface area contributed by atoms with Gasteiger partial charge >= 0.3 is 0 Å². The van der Waals surface area contributed by atoms with Crippen LogP contribution in [0.5, 0.6) is 0 Å². The predicted octanol–water partition coefficient (Wildman–Crippen LogP) is 2.85. The van der Waals surface area contributed by atoms with Crippen LogP contribution in [0.4, 0.5) is 0 Å². The molecule has 0 aliphatic rings. The van der Waals surface area contributed by atoms with E-state index in [2.05, 4.69) is 39.6 Å². The van der Waals surface area contributed by atoms with Crippen molar-refractivity contribution in [2.45, 2.75) is 31.6 Å². The van der Waals surface area contributed by atoms with Crippen molar-refractivity contribution < 1.29 is 4.79 Å². The van der Waals surface area contributed by atoms with Gasteiger partial charge in [-0.3, -0.25) is 4.79 Å². The lowest BCUT2D eigenvalue weighted by atomic mass is 10.2. The van der Waals surface area contributed by atoms with Gasteiger partial charge in [0.05, 0.1) is 10.9 Å². The number of hydrogen-bond donors (Lipinski definition) is 1. The molecule has 1 aromatic heterocycles. The van der Waals surface area contributed by atoms with Gasteiger partial charge in [-0.2, -0.15) is 0 Å². The van der Waals surface area contributed by atoms with Crippen LogP contribution < -0.4 is 5.32 Å². The molecule has 0 saturated heterocycles. The molecule has 14 heavy (non-hydrogen) atoms. The van der Waals surface area contributed by atoms with Gasteiger partial charge in [0.25, 0.3) is 0 Å². The Bertz CT molecular complexity index is 327. The molecule has 1 rings (SSSR count). The highest BCUT2D eigenvalue weighted by Gasteiger charge is 2.22. The lowest BCUT2D eigenvalue weighted by Crippen LogP contribution is -2.36. The molecule has 1 N–H and O–H groups in total. The van der Waals surface area contributed by atoms with Crippen LogP contribution in [0, 0.1) is 6.92 Å². The molecule has 0 aromatic carbocycles. The van der Waals surface area contributed by atoms with E-state index in [9.17, 15) is 4.79 Å². The number of alkyl halides is 1. The van der Waals surface area contributed by atoms with Crippen LogP contribution in [-0.4, -0.2) is 10.2 Å². The summed E-state index contributed by atoms with van der Waals surface area (Å²) >= 11 is 4.99. The third-order valence-corrected chi connectivity index (χ3v) is 3.16. The summed E-state index contributed by atoms with van der Waals surface area (Å²) in [7, 11) is 0. The minimum Gasteiger partial charge on any atom is -0.350 e. The first kappa shape index (κ1) is 11.7. The zero-order valence-electron chi connectivity index (χ0n) is 8.56. The first-order valence-corrected chi connectivity index (χ1v) is 6.08. The summed E-state index contributed by atoms with van der Waals surface area (Å²) in [6.45, 7) is 6.34. The fourth-order valence-electron chi connectivity index (χ4n) is 0.961. The van der Waals surface area contributed by atoms with Crippen molar-refractivity contribution in [3.63, 3.8) is 0 Å².